The summed E-state index contributed by atoms with van der Waals surface area (Å²) >= 11 is 5.98. The van der Waals surface area contributed by atoms with E-state index in [1.807, 2.05) is 0 Å². The van der Waals surface area contributed by atoms with Crippen molar-refractivity contribution < 1.29 is 18.3 Å². The Bertz CT molecular complexity index is 630. The molecule has 2 heterocycles. The van der Waals surface area contributed by atoms with Gasteiger partial charge >= 0.3 is 5.97 Å². The van der Waals surface area contributed by atoms with E-state index in [-0.39, 0.29) is 15.7 Å². The molecule has 0 atom stereocenters. The number of hydrogen-bond acceptors (Lipinski definition) is 3. The van der Waals surface area contributed by atoms with Gasteiger partial charge in [0.15, 0.2) is 0 Å². The molecule has 112 valence electrons. The second kappa shape index (κ2) is 5.38. The summed E-state index contributed by atoms with van der Waals surface area (Å²) in [5.41, 5.74) is -0.140. The van der Waals surface area contributed by atoms with Gasteiger partial charge in [-0.1, -0.05) is 18.5 Å². The van der Waals surface area contributed by atoms with Crippen molar-refractivity contribution in [2.75, 3.05) is 13.1 Å². The Labute approximate surface area is 123 Å². The number of hydrogen-bond donors (Lipinski definition) is 1. The van der Waals surface area contributed by atoms with Gasteiger partial charge in [-0.3, -0.25) is 0 Å². The Balaban J connectivity index is 2.40. The molecule has 1 saturated heterocycles. The molecule has 0 radical (unpaired) electrons. The number of carboxylic acid groups (broad SMARTS) is 1. The maximum absolute atomic E-state index is 12.5. The van der Waals surface area contributed by atoms with Crippen LogP contribution in [0.15, 0.2) is 11.0 Å². The Kier molecular flexibility index (Phi) is 4.13. The minimum absolute atomic E-state index is 0.0685. The lowest BCUT2D eigenvalue weighted by molar-refractivity contribution is 0.0686. The van der Waals surface area contributed by atoms with Crippen molar-refractivity contribution in [3.8, 4) is 0 Å². The summed E-state index contributed by atoms with van der Waals surface area (Å²) in [6, 6.07) is 1.12. The number of piperidine rings is 1. The number of rotatable bonds is 3. The summed E-state index contributed by atoms with van der Waals surface area (Å²) < 4.78 is 27.6. The lowest BCUT2D eigenvalue weighted by Gasteiger charge is -2.29. The third kappa shape index (κ3) is 2.57. The van der Waals surface area contributed by atoms with E-state index in [9.17, 15) is 13.2 Å². The Morgan fingerprint density at radius 3 is 2.40 bits per heavy atom. The lowest BCUT2D eigenvalue weighted by atomic mass is 10.0. The second-order valence-corrected chi connectivity index (χ2v) is 7.40. The smallest absolute Gasteiger partial charge is 0.352 e. The molecular formula is C12H17ClN2O4S. The van der Waals surface area contributed by atoms with E-state index >= 15 is 0 Å². The zero-order valence-electron chi connectivity index (χ0n) is 11.3. The van der Waals surface area contributed by atoms with Gasteiger partial charge in [-0.2, -0.15) is 4.31 Å². The average Bonchev–Trinajstić information content (AvgIpc) is 2.67. The first-order valence-corrected chi connectivity index (χ1v) is 8.15. The van der Waals surface area contributed by atoms with Gasteiger partial charge in [0, 0.05) is 20.1 Å². The fraction of sp³-hybridized carbons (Fsp3) is 0.583. The van der Waals surface area contributed by atoms with E-state index in [2.05, 4.69) is 6.92 Å². The van der Waals surface area contributed by atoms with Crippen molar-refractivity contribution in [3.63, 3.8) is 0 Å². The van der Waals surface area contributed by atoms with Crippen LogP contribution in [-0.4, -0.2) is 41.5 Å². The van der Waals surface area contributed by atoms with E-state index in [1.54, 1.807) is 0 Å². The molecular weight excluding hydrogens is 304 g/mol. The van der Waals surface area contributed by atoms with Crippen molar-refractivity contribution in [2.24, 2.45) is 13.0 Å². The molecule has 0 unspecified atom stereocenters. The minimum Gasteiger partial charge on any atom is -0.477 e. The fourth-order valence-corrected chi connectivity index (χ4v) is 4.32. The zero-order chi connectivity index (χ0) is 15.1. The summed E-state index contributed by atoms with van der Waals surface area (Å²) in [7, 11) is -2.30. The van der Waals surface area contributed by atoms with Crippen LogP contribution in [0.2, 0.25) is 5.15 Å². The van der Waals surface area contributed by atoms with Crippen molar-refractivity contribution >= 4 is 27.6 Å². The van der Waals surface area contributed by atoms with Gasteiger partial charge in [0.2, 0.25) is 10.0 Å². The highest BCUT2D eigenvalue weighted by Gasteiger charge is 2.32. The first kappa shape index (κ1) is 15.3. The SMILES string of the molecule is CC1CCN(S(=O)(=O)c2cc(C(=O)O)n(C)c2Cl)CC1. The molecule has 0 spiro atoms. The van der Waals surface area contributed by atoms with Crippen molar-refractivity contribution in [3.05, 3.63) is 16.9 Å². The fourth-order valence-electron chi connectivity index (χ4n) is 2.30. The molecule has 1 fully saturated rings. The van der Waals surface area contributed by atoms with E-state index in [4.69, 9.17) is 16.7 Å². The summed E-state index contributed by atoms with van der Waals surface area (Å²) in [5.74, 6) is -0.703. The summed E-state index contributed by atoms with van der Waals surface area (Å²) in [5, 5.41) is 8.96. The average molecular weight is 321 g/mol. The highest BCUT2D eigenvalue weighted by molar-refractivity contribution is 7.89. The molecule has 0 amide bonds. The van der Waals surface area contributed by atoms with Crippen molar-refractivity contribution in [1.82, 2.24) is 8.87 Å². The molecule has 1 N–H and O–H groups in total. The third-order valence-electron chi connectivity index (χ3n) is 3.71. The maximum Gasteiger partial charge on any atom is 0.352 e. The van der Waals surface area contributed by atoms with Gasteiger partial charge in [-0.05, 0) is 24.8 Å². The first-order valence-electron chi connectivity index (χ1n) is 6.33. The molecule has 1 aromatic heterocycles. The zero-order valence-corrected chi connectivity index (χ0v) is 12.9. The van der Waals surface area contributed by atoms with Gasteiger partial charge in [0.05, 0.1) is 0 Å². The van der Waals surface area contributed by atoms with Gasteiger partial charge < -0.3 is 9.67 Å². The number of nitrogens with zero attached hydrogens (tertiary/aromatic N) is 2. The van der Waals surface area contributed by atoms with Crippen LogP contribution in [0.4, 0.5) is 0 Å². The monoisotopic (exact) mass is 320 g/mol. The van der Waals surface area contributed by atoms with E-state index < -0.39 is 16.0 Å². The minimum atomic E-state index is -3.73. The number of halogens is 1. The molecule has 0 aromatic carbocycles. The number of carboxylic acids is 1. The number of carbonyl (C=O) groups is 1. The van der Waals surface area contributed by atoms with Crippen LogP contribution in [0, 0.1) is 5.92 Å². The quantitative estimate of drug-likeness (QED) is 0.921. The molecule has 0 aliphatic carbocycles. The van der Waals surface area contributed by atoms with Crippen LogP contribution in [0.25, 0.3) is 0 Å². The Hall–Kier alpha value is -1.05. The van der Waals surface area contributed by atoms with E-state index in [0.29, 0.717) is 19.0 Å². The van der Waals surface area contributed by atoms with Crippen LogP contribution in [-0.2, 0) is 17.1 Å². The molecule has 8 heteroatoms. The summed E-state index contributed by atoms with van der Waals surface area (Å²) in [4.78, 5) is 10.9. The highest BCUT2D eigenvalue weighted by atomic mass is 35.5. The molecule has 1 aliphatic rings. The summed E-state index contributed by atoms with van der Waals surface area (Å²) in [6.45, 7) is 2.97. The van der Waals surface area contributed by atoms with Crippen LogP contribution < -0.4 is 0 Å². The largest absolute Gasteiger partial charge is 0.477 e. The molecule has 0 bridgehead atoms. The molecule has 1 aliphatic heterocycles. The van der Waals surface area contributed by atoms with Gasteiger partial charge in [0.25, 0.3) is 0 Å². The van der Waals surface area contributed by atoms with Gasteiger partial charge in [-0.25, -0.2) is 13.2 Å². The van der Waals surface area contributed by atoms with Crippen molar-refractivity contribution in [1.29, 1.82) is 0 Å². The highest BCUT2D eigenvalue weighted by Crippen LogP contribution is 2.30. The van der Waals surface area contributed by atoms with Crippen LogP contribution >= 0.6 is 11.6 Å². The van der Waals surface area contributed by atoms with E-state index in [0.717, 1.165) is 18.9 Å². The third-order valence-corrected chi connectivity index (χ3v) is 6.19. The Morgan fingerprint density at radius 2 is 1.95 bits per heavy atom. The second-order valence-electron chi connectivity index (χ2n) is 5.14. The lowest BCUT2D eigenvalue weighted by Crippen LogP contribution is -2.37. The molecule has 0 saturated carbocycles. The topological polar surface area (TPSA) is 79.6 Å². The predicted octanol–water partition coefficient (Wildman–Crippen LogP) is 1.80. The first-order chi connectivity index (χ1) is 9.25. The van der Waals surface area contributed by atoms with E-state index in [1.165, 1.54) is 15.9 Å². The van der Waals surface area contributed by atoms with Crippen LogP contribution in [0.1, 0.15) is 30.3 Å². The molecule has 6 nitrogen and oxygen atoms in total. The summed E-state index contributed by atoms with van der Waals surface area (Å²) in [6.07, 6.45) is 1.60. The number of aromatic carboxylic acids is 1. The molecule has 2 rings (SSSR count). The molecule has 1 aromatic rings. The number of sulfonamides is 1. The van der Waals surface area contributed by atoms with Crippen molar-refractivity contribution in [2.45, 2.75) is 24.7 Å². The van der Waals surface area contributed by atoms with Crippen LogP contribution in [0.3, 0.4) is 0 Å². The molecule has 20 heavy (non-hydrogen) atoms. The van der Waals surface area contributed by atoms with Crippen LogP contribution in [0.5, 0.6) is 0 Å². The Morgan fingerprint density at radius 1 is 1.40 bits per heavy atom. The predicted molar refractivity (Wildman–Crippen MR) is 74.5 cm³/mol. The normalized spacial score (nSPS) is 18.4. The standard InChI is InChI=1S/C12H17ClN2O4S/c1-8-3-5-15(6-4-8)20(18,19)10-7-9(12(16)17)14(2)11(10)13/h7-8H,3-6H2,1-2H3,(H,16,17). The maximum atomic E-state index is 12.5. The van der Waals surface area contributed by atoms with Gasteiger partial charge in [0.1, 0.15) is 15.7 Å². The number of aromatic nitrogens is 1. The van der Waals surface area contributed by atoms with Gasteiger partial charge in [-0.15, -0.1) is 0 Å².